The molecule has 1 N–H and O–H groups in total. The highest BCUT2D eigenvalue weighted by Gasteiger charge is 2.17. The molecule has 2 aromatic carbocycles. The Labute approximate surface area is 186 Å². The Balaban J connectivity index is 2.29. The van der Waals surface area contributed by atoms with Gasteiger partial charge in [0, 0.05) is 0 Å². The number of nitriles is 1. The summed E-state index contributed by atoms with van der Waals surface area (Å²) in [6, 6.07) is 15.0. The van der Waals surface area contributed by atoms with Crippen molar-refractivity contribution in [3.63, 3.8) is 0 Å². The summed E-state index contributed by atoms with van der Waals surface area (Å²) >= 11 is 3.53. The summed E-state index contributed by atoms with van der Waals surface area (Å²) < 4.78 is 12.4. The van der Waals surface area contributed by atoms with Gasteiger partial charge in [-0.15, -0.1) is 0 Å². The molecule has 0 radical (unpaired) electrons. The topological polar surface area (TPSA) is 71.3 Å². The first kappa shape index (κ1) is 23.5. The van der Waals surface area contributed by atoms with Crippen LogP contribution in [0.3, 0.4) is 0 Å². The minimum atomic E-state index is -0.428. The number of rotatable bonds is 9. The molecule has 158 valence electrons. The molecule has 0 aliphatic rings. The Morgan fingerprint density at radius 1 is 1.23 bits per heavy atom. The van der Waals surface area contributed by atoms with Crippen LogP contribution in [-0.4, -0.2) is 18.6 Å². The fourth-order valence-corrected chi connectivity index (χ4v) is 3.30. The molecule has 30 heavy (non-hydrogen) atoms. The number of nitrogens with one attached hydrogen (secondary N) is 1. The summed E-state index contributed by atoms with van der Waals surface area (Å²) in [7, 11) is 0. The van der Waals surface area contributed by atoms with Crippen LogP contribution in [0.25, 0.3) is 6.08 Å². The molecule has 2 atom stereocenters. The van der Waals surface area contributed by atoms with Gasteiger partial charge in [-0.1, -0.05) is 37.3 Å². The molecule has 0 aliphatic heterocycles. The SMILES string of the molecule is CCOc1cc(/C=C(/C#N)C(=O)N[C@@H](C)c2ccccc2)cc(Br)c1O[C@@H](C)CC. The van der Waals surface area contributed by atoms with E-state index in [1.807, 2.05) is 70.2 Å². The Kier molecular flexibility index (Phi) is 8.94. The van der Waals surface area contributed by atoms with E-state index in [2.05, 4.69) is 21.2 Å². The van der Waals surface area contributed by atoms with E-state index < -0.39 is 5.91 Å². The van der Waals surface area contributed by atoms with Crippen LogP contribution in [0.15, 0.2) is 52.5 Å². The lowest BCUT2D eigenvalue weighted by atomic mass is 10.1. The van der Waals surface area contributed by atoms with Crippen LogP contribution < -0.4 is 14.8 Å². The van der Waals surface area contributed by atoms with Crippen molar-refractivity contribution in [2.45, 2.75) is 46.3 Å². The highest BCUT2D eigenvalue weighted by molar-refractivity contribution is 9.10. The van der Waals surface area contributed by atoms with Crippen molar-refractivity contribution in [1.82, 2.24) is 5.32 Å². The van der Waals surface area contributed by atoms with E-state index in [1.165, 1.54) is 0 Å². The molecule has 0 saturated carbocycles. The minimum absolute atomic E-state index is 0.0164. The average Bonchev–Trinajstić information content (AvgIpc) is 2.74. The van der Waals surface area contributed by atoms with Crippen LogP contribution in [0.5, 0.6) is 11.5 Å². The van der Waals surface area contributed by atoms with Gasteiger partial charge in [0.1, 0.15) is 11.6 Å². The first-order valence-corrected chi connectivity index (χ1v) is 10.8. The van der Waals surface area contributed by atoms with E-state index in [1.54, 1.807) is 12.1 Å². The second-order valence-corrected chi connectivity index (χ2v) is 7.73. The summed E-state index contributed by atoms with van der Waals surface area (Å²) in [6.45, 7) is 8.28. The van der Waals surface area contributed by atoms with Gasteiger partial charge in [-0.2, -0.15) is 5.26 Å². The second kappa shape index (κ2) is 11.4. The molecule has 0 aliphatic carbocycles. The lowest BCUT2D eigenvalue weighted by Gasteiger charge is -2.18. The zero-order valence-electron chi connectivity index (χ0n) is 17.7. The zero-order valence-corrected chi connectivity index (χ0v) is 19.3. The molecule has 6 heteroatoms. The molecule has 2 aromatic rings. The molecular weight excluding hydrogens is 444 g/mol. The molecule has 0 spiro atoms. The summed E-state index contributed by atoms with van der Waals surface area (Å²) in [6.07, 6.45) is 2.44. The predicted molar refractivity (Wildman–Crippen MR) is 122 cm³/mol. The Hall–Kier alpha value is -2.78. The summed E-state index contributed by atoms with van der Waals surface area (Å²) in [5.41, 5.74) is 1.65. The fraction of sp³-hybridized carbons (Fsp3) is 0.333. The number of carbonyl (C=O) groups excluding carboxylic acids is 1. The molecule has 2 rings (SSSR count). The van der Waals surface area contributed by atoms with Gasteiger partial charge in [-0.05, 0) is 72.5 Å². The molecule has 0 unspecified atom stereocenters. The van der Waals surface area contributed by atoms with Gasteiger partial charge in [0.2, 0.25) is 0 Å². The standard InChI is InChI=1S/C24H27BrN2O3/c1-5-16(3)30-23-21(25)13-18(14-22(23)29-6-2)12-20(15-26)24(28)27-17(4)19-10-8-7-9-11-19/h7-14,16-17H,5-6H2,1-4H3,(H,27,28)/b20-12-/t16-,17-/m0/s1. The van der Waals surface area contributed by atoms with E-state index in [9.17, 15) is 10.1 Å². The summed E-state index contributed by atoms with van der Waals surface area (Å²) in [5, 5.41) is 12.4. The molecule has 5 nitrogen and oxygen atoms in total. The number of halogens is 1. The van der Waals surface area contributed by atoms with Crippen LogP contribution in [0.4, 0.5) is 0 Å². The third-order valence-electron chi connectivity index (χ3n) is 4.55. The van der Waals surface area contributed by atoms with Crippen LogP contribution in [-0.2, 0) is 4.79 Å². The van der Waals surface area contributed by atoms with E-state index in [0.717, 1.165) is 12.0 Å². The van der Waals surface area contributed by atoms with Crippen molar-refractivity contribution in [1.29, 1.82) is 5.26 Å². The molecular formula is C24H27BrN2O3. The van der Waals surface area contributed by atoms with Crippen molar-refractivity contribution in [2.75, 3.05) is 6.61 Å². The van der Waals surface area contributed by atoms with E-state index in [4.69, 9.17) is 9.47 Å². The second-order valence-electron chi connectivity index (χ2n) is 6.88. The van der Waals surface area contributed by atoms with Gasteiger partial charge < -0.3 is 14.8 Å². The molecule has 0 saturated heterocycles. The summed E-state index contributed by atoms with van der Waals surface area (Å²) in [5.74, 6) is 0.751. The van der Waals surface area contributed by atoms with Crippen molar-refractivity contribution < 1.29 is 14.3 Å². The Morgan fingerprint density at radius 2 is 1.93 bits per heavy atom. The van der Waals surface area contributed by atoms with E-state index >= 15 is 0 Å². The van der Waals surface area contributed by atoms with Crippen molar-refractivity contribution >= 4 is 27.9 Å². The highest BCUT2D eigenvalue weighted by Crippen LogP contribution is 2.38. The summed E-state index contributed by atoms with van der Waals surface area (Å²) in [4.78, 5) is 12.6. The van der Waals surface area contributed by atoms with Crippen LogP contribution in [0.1, 0.15) is 51.3 Å². The third kappa shape index (κ3) is 6.36. The van der Waals surface area contributed by atoms with Gasteiger partial charge in [-0.3, -0.25) is 4.79 Å². The van der Waals surface area contributed by atoms with E-state index in [0.29, 0.717) is 28.1 Å². The number of carbonyl (C=O) groups is 1. The van der Waals surface area contributed by atoms with Gasteiger partial charge in [0.05, 0.1) is 23.2 Å². The average molecular weight is 471 g/mol. The van der Waals surface area contributed by atoms with Gasteiger partial charge >= 0.3 is 0 Å². The first-order chi connectivity index (χ1) is 14.4. The lowest BCUT2D eigenvalue weighted by molar-refractivity contribution is -0.117. The van der Waals surface area contributed by atoms with Gasteiger partial charge in [0.25, 0.3) is 5.91 Å². The maximum absolute atomic E-state index is 12.6. The number of ether oxygens (including phenoxy) is 2. The predicted octanol–water partition coefficient (Wildman–Crippen LogP) is 5.81. The molecule has 0 fully saturated rings. The lowest BCUT2D eigenvalue weighted by Crippen LogP contribution is -2.27. The van der Waals surface area contributed by atoms with Crippen molar-refractivity contribution in [2.24, 2.45) is 0 Å². The Bertz CT molecular complexity index is 935. The van der Waals surface area contributed by atoms with Gasteiger partial charge in [-0.25, -0.2) is 0 Å². The fourth-order valence-electron chi connectivity index (χ4n) is 2.75. The van der Waals surface area contributed by atoms with Crippen LogP contribution in [0, 0.1) is 11.3 Å². The smallest absolute Gasteiger partial charge is 0.262 e. The molecule has 0 bridgehead atoms. The Morgan fingerprint density at radius 3 is 2.53 bits per heavy atom. The zero-order chi connectivity index (χ0) is 22.1. The molecule has 0 heterocycles. The number of nitrogens with zero attached hydrogens (tertiary/aromatic N) is 1. The molecule has 0 aromatic heterocycles. The van der Waals surface area contributed by atoms with Crippen molar-refractivity contribution in [3.05, 3.63) is 63.6 Å². The molecule has 1 amide bonds. The maximum atomic E-state index is 12.6. The van der Waals surface area contributed by atoms with Crippen LogP contribution >= 0.6 is 15.9 Å². The number of amides is 1. The van der Waals surface area contributed by atoms with Gasteiger partial charge in [0.15, 0.2) is 11.5 Å². The van der Waals surface area contributed by atoms with E-state index in [-0.39, 0.29) is 17.7 Å². The quantitative estimate of drug-likeness (QED) is 0.370. The minimum Gasteiger partial charge on any atom is -0.490 e. The number of benzene rings is 2. The first-order valence-electron chi connectivity index (χ1n) is 10.00. The van der Waals surface area contributed by atoms with Crippen molar-refractivity contribution in [3.8, 4) is 17.6 Å². The maximum Gasteiger partial charge on any atom is 0.262 e. The third-order valence-corrected chi connectivity index (χ3v) is 5.14. The highest BCUT2D eigenvalue weighted by atomic mass is 79.9. The largest absolute Gasteiger partial charge is 0.490 e. The number of hydrogen-bond acceptors (Lipinski definition) is 4. The normalized spacial score (nSPS) is 13.1. The monoisotopic (exact) mass is 470 g/mol. The number of hydrogen-bond donors (Lipinski definition) is 1. The van der Waals surface area contributed by atoms with Crippen LogP contribution in [0.2, 0.25) is 0 Å².